The Balaban J connectivity index is 1.25. The molecular weight excluding hydrogens is 743 g/mol. The molecule has 0 radical (unpaired) electrons. The maximum Gasteiger partial charge on any atom is 0.333 e. The molecule has 0 fully saturated rings. The van der Waals surface area contributed by atoms with Gasteiger partial charge in [-0.25, -0.2) is 0 Å². The standard InChI is InChI=1S/C56H43BN2O2/c1-55(2,3)34-24-26-45-39(28-34)41-29-35(56(4,5)6)30-42-40-31-43-37-18-11-13-22-49(37)61-54(43)52-50(40)57(59(45)51(41)42)44-25-23-33(32-15-8-7-9-16-32)27-47(44)58(52)46-20-14-19-38-36-17-10-12-21-48(36)60-53(38)46/h7-31H,1-6H3. The summed E-state index contributed by atoms with van der Waals surface area (Å²) in [5.41, 5.74) is 19.1. The molecule has 0 amide bonds. The Morgan fingerprint density at radius 1 is 0.459 bits per heavy atom. The van der Waals surface area contributed by atoms with Crippen LogP contribution in [0.2, 0.25) is 0 Å². The van der Waals surface area contributed by atoms with Crippen LogP contribution in [0.5, 0.6) is 0 Å². The van der Waals surface area contributed by atoms with Crippen molar-refractivity contribution < 1.29 is 8.83 Å². The first-order valence-corrected chi connectivity index (χ1v) is 21.5. The van der Waals surface area contributed by atoms with E-state index in [1.54, 1.807) is 0 Å². The van der Waals surface area contributed by atoms with Crippen molar-refractivity contribution in [1.29, 1.82) is 0 Å². The van der Waals surface area contributed by atoms with Crippen molar-refractivity contribution in [3.63, 3.8) is 0 Å². The fraction of sp³-hybridized carbons (Fsp3) is 0.143. The predicted octanol–water partition coefficient (Wildman–Crippen LogP) is 14.3. The average molecular weight is 787 g/mol. The second kappa shape index (κ2) is 11.9. The number of aromatic nitrogens is 1. The smallest absolute Gasteiger partial charge is 0.333 e. The topological polar surface area (TPSA) is 34.5 Å². The van der Waals surface area contributed by atoms with E-state index in [1.165, 1.54) is 60.5 Å². The largest absolute Gasteiger partial charge is 0.454 e. The molecule has 5 heteroatoms. The Labute approximate surface area is 354 Å². The third kappa shape index (κ3) is 4.72. The monoisotopic (exact) mass is 786 g/mol. The lowest BCUT2D eigenvalue weighted by atomic mass is 9.45. The summed E-state index contributed by atoms with van der Waals surface area (Å²) in [5.74, 6) is 0. The van der Waals surface area contributed by atoms with Crippen LogP contribution in [0.1, 0.15) is 52.7 Å². The number of hydrogen-bond donors (Lipinski definition) is 0. The van der Waals surface area contributed by atoms with Gasteiger partial charge in [-0.05, 0) is 104 Å². The number of anilines is 3. The highest BCUT2D eigenvalue weighted by Gasteiger charge is 2.45. The van der Waals surface area contributed by atoms with Crippen LogP contribution in [0.3, 0.4) is 0 Å². The van der Waals surface area contributed by atoms with E-state index in [2.05, 4.69) is 203 Å². The first kappa shape index (κ1) is 34.8. The van der Waals surface area contributed by atoms with E-state index in [0.29, 0.717) is 0 Å². The summed E-state index contributed by atoms with van der Waals surface area (Å²) in [6.45, 7) is 13.8. The van der Waals surface area contributed by atoms with Crippen LogP contribution in [-0.4, -0.2) is 11.3 Å². The zero-order valence-corrected chi connectivity index (χ0v) is 35.2. The maximum atomic E-state index is 7.16. The van der Waals surface area contributed by atoms with Crippen LogP contribution in [0, 0.1) is 0 Å². The molecule has 0 saturated heterocycles. The van der Waals surface area contributed by atoms with Crippen molar-refractivity contribution in [2.24, 2.45) is 0 Å². The summed E-state index contributed by atoms with van der Waals surface area (Å²) in [6, 6.07) is 56.0. The van der Waals surface area contributed by atoms with Gasteiger partial charge >= 0.3 is 6.85 Å². The van der Waals surface area contributed by atoms with E-state index in [1.807, 2.05) is 0 Å². The molecule has 8 aromatic carbocycles. The Morgan fingerprint density at radius 3 is 1.89 bits per heavy atom. The van der Waals surface area contributed by atoms with Gasteiger partial charge in [0.05, 0.1) is 11.4 Å². The molecule has 61 heavy (non-hydrogen) atoms. The molecule has 4 nitrogen and oxygen atoms in total. The normalized spacial score (nSPS) is 13.7. The van der Waals surface area contributed by atoms with Gasteiger partial charge in [-0.15, -0.1) is 0 Å². The van der Waals surface area contributed by atoms with E-state index in [0.717, 1.165) is 66.5 Å². The molecule has 0 spiro atoms. The minimum absolute atomic E-state index is 0.00161. The van der Waals surface area contributed by atoms with Crippen LogP contribution in [0.15, 0.2) is 160 Å². The third-order valence-electron chi connectivity index (χ3n) is 13.7. The summed E-state index contributed by atoms with van der Waals surface area (Å²) < 4.78 is 16.7. The lowest BCUT2D eigenvalue weighted by Crippen LogP contribution is -2.56. The zero-order chi connectivity index (χ0) is 41.1. The minimum Gasteiger partial charge on any atom is -0.454 e. The summed E-state index contributed by atoms with van der Waals surface area (Å²) in [4.78, 5) is 2.48. The van der Waals surface area contributed by atoms with Gasteiger partial charge in [0.2, 0.25) is 0 Å². The van der Waals surface area contributed by atoms with Gasteiger partial charge in [0, 0.05) is 54.6 Å². The summed E-state index contributed by atoms with van der Waals surface area (Å²) in [5, 5.41) is 7.04. The van der Waals surface area contributed by atoms with Crippen LogP contribution in [0.4, 0.5) is 17.1 Å². The van der Waals surface area contributed by atoms with Crippen LogP contribution >= 0.6 is 0 Å². The lowest BCUT2D eigenvalue weighted by Gasteiger charge is -2.40. The van der Waals surface area contributed by atoms with Gasteiger partial charge < -0.3 is 18.2 Å². The maximum absolute atomic E-state index is 7.16. The summed E-state index contributed by atoms with van der Waals surface area (Å²) >= 11 is 0. The van der Waals surface area contributed by atoms with Gasteiger partial charge in [-0.2, -0.15) is 0 Å². The quantitative estimate of drug-likeness (QED) is 0.164. The molecule has 13 rings (SSSR count). The van der Waals surface area contributed by atoms with Crippen molar-refractivity contribution in [3.05, 3.63) is 163 Å². The van der Waals surface area contributed by atoms with Crippen molar-refractivity contribution >= 4 is 101 Å². The fourth-order valence-electron chi connectivity index (χ4n) is 10.6. The fourth-order valence-corrected chi connectivity index (χ4v) is 10.6. The Kier molecular flexibility index (Phi) is 6.77. The molecule has 0 N–H and O–H groups in total. The molecule has 2 aliphatic heterocycles. The van der Waals surface area contributed by atoms with Gasteiger partial charge in [-0.3, -0.25) is 0 Å². The number of rotatable bonds is 2. The van der Waals surface area contributed by atoms with Crippen molar-refractivity contribution in [1.82, 2.24) is 4.48 Å². The SMILES string of the molecule is CC(C)(C)c1ccc2c(c1)c1cc(C(C)(C)C)cc3c1n2B1c2ccc(-c4ccccc4)cc2N(c2cccc4c2oc2ccccc24)c2c1c-3cc1c2oc2ccccc21. The van der Waals surface area contributed by atoms with Crippen molar-refractivity contribution in [3.8, 4) is 22.3 Å². The highest BCUT2D eigenvalue weighted by Crippen LogP contribution is 2.52. The molecule has 0 atom stereocenters. The third-order valence-corrected chi connectivity index (χ3v) is 13.7. The second-order valence-electron chi connectivity index (χ2n) is 19.3. The van der Waals surface area contributed by atoms with Gasteiger partial charge in [0.15, 0.2) is 11.2 Å². The molecule has 0 bridgehead atoms. The van der Waals surface area contributed by atoms with Gasteiger partial charge in [0.1, 0.15) is 11.2 Å². The van der Waals surface area contributed by atoms with Crippen molar-refractivity contribution in [2.75, 3.05) is 4.90 Å². The summed E-state index contributed by atoms with van der Waals surface area (Å²) in [7, 11) is 0. The van der Waals surface area contributed by atoms with E-state index in [4.69, 9.17) is 8.83 Å². The molecule has 11 aromatic rings. The Hall–Kier alpha value is -6.98. The van der Waals surface area contributed by atoms with E-state index < -0.39 is 0 Å². The highest BCUT2D eigenvalue weighted by atomic mass is 16.3. The first-order valence-electron chi connectivity index (χ1n) is 21.5. The molecule has 3 aromatic heterocycles. The molecule has 0 aliphatic carbocycles. The number of furan rings is 2. The lowest BCUT2D eigenvalue weighted by molar-refractivity contribution is 0.590. The number of nitrogens with zero attached hydrogens (tertiary/aromatic N) is 2. The van der Waals surface area contributed by atoms with Crippen LogP contribution in [-0.2, 0) is 10.8 Å². The molecule has 0 unspecified atom stereocenters. The van der Waals surface area contributed by atoms with Gasteiger partial charge in [-0.1, -0.05) is 139 Å². The second-order valence-corrected chi connectivity index (χ2v) is 19.3. The molecule has 0 saturated carbocycles. The van der Waals surface area contributed by atoms with Crippen LogP contribution < -0.4 is 15.8 Å². The van der Waals surface area contributed by atoms with E-state index >= 15 is 0 Å². The number of hydrogen-bond acceptors (Lipinski definition) is 3. The van der Waals surface area contributed by atoms with E-state index in [-0.39, 0.29) is 17.7 Å². The number of benzene rings is 8. The molecule has 2 aliphatic rings. The summed E-state index contributed by atoms with van der Waals surface area (Å²) in [6.07, 6.45) is 0. The Bertz CT molecular complexity index is 3680. The van der Waals surface area contributed by atoms with Crippen LogP contribution in [0.25, 0.3) is 87.9 Å². The number of para-hydroxylation sites is 3. The van der Waals surface area contributed by atoms with E-state index in [9.17, 15) is 0 Å². The zero-order valence-electron chi connectivity index (χ0n) is 35.2. The number of fused-ring (bicyclic) bond motifs is 14. The minimum atomic E-state index is -0.137. The molecular formula is C56H43BN2O2. The van der Waals surface area contributed by atoms with Crippen molar-refractivity contribution in [2.45, 2.75) is 52.4 Å². The molecule has 5 heterocycles. The first-order chi connectivity index (χ1) is 29.5. The molecule has 292 valence electrons. The predicted molar refractivity (Wildman–Crippen MR) is 257 cm³/mol. The van der Waals surface area contributed by atoms with Gasteiger partial charge in [0.25, 0.3) is 0 Å². The highest BCUT2D eigenvalue weighted by molar-refractivity contribution is 6.90. The average Bonchev–Trinajstić information content (AvgIpc) is 3.94. The Morgan fingerprint density at radius 2 is 1.13 bits per heavy atom.